The molecule has 0 aromatic rings. The van der Waals surface area contributed by atoms with E-state index >= 15 is 0 Å². The molecule has 1 unspecified atom stereocenters. The summed E-state index contributed by atoms with van der Waals surface area (Å²) < 4.78 is 10.7. The van der Waals surface area contributed by atoms with Crippen molar-refractivity contribution in [1.29, 1.82) is 0 Å². The molecule has 0 amide bonds. The lowest BCUT2D eigenvalue weighted by atomic mass is 9.77. The quantitative estimate of drug-likeness (QED) is 0.520. The van der Waals surface area contributed by atoms with Crippen LogP contribution in [0.2, 0.25) is 0 Å². The van der Waals surface area contributed by atoms with Crippen LogP contribution in [0.1, 0.15) is 59.8 Å². The molecule has 1 atom stereocenters. The van der Waals surface area contributed by atoms with Gasteiger partial charge in [0.2, 0.25) is 0 Å². The first-order valence-corrected chi connectivity index (χ1v) is 7.90. The van der Waals surface area contributed by atoms with Gasteiger partial charge in [0.25, 0.3) is 0 Å². The molecule has 0 spiro atoms. The van der Waals surface area contributed by atoms with Crippen LogP contribution in [0.25, 0.3) is 0 Å². The van der Waals surface area contributed by atoms with Crippen LogP contribution in [-0.2, 0) is 9.47 Å². The van der Waals surface area contributed by atoms with E-state index in [0.29, 0.717) is 24.7 Å². The molecule has 3 nitrogen and oxygen atoms in total. The highest BCUT2D eigenvalue weighted by Crippen LogP contribution is 2.32. The molecular weight excluding hydrogens is 238 g/mol. The van der Waals surface area contributed by atoms with Gasteiger partial charge in [-0.25, -0.2) is 0 Å². The fourth-order valence-electron chi connectivity index (χ4n) is 2.29. The summed E-state index contributed by atoms with van der Waals surface area (Å²) in [6.07, 6.45) is 6.25. The van der Waals surface area contributed by atoms with Crippen LogP contribution in [0, 0.1) is 5.41 Å². The van der Waals surface area contributed by atoms with Crippen molar-refractivity contribution in [2.75, 3.05) is 33.5 Å². The lowest BCUT2D eigenvalue weighted by molar-refractivity contribution is 0.0467. The van der Waals surface area contributed by atoms with Crippen molar-refractivity contribution in [3.8, 4) is 0 Å². The van der Waals surface area contributed by atoms with Crippen molar-refractivity contribution in [2.45, 2.75) is 65.8 Å². The predicted molar refractivity (Wildman–Crippen MR) is 82.7 cm³/mol. The summed E-state index contributed by atoms with van der Waals surface area (Å²) >= 11 is 0. The van der Waals surface area contributed by atoms with Crippen molar-refractivity contribution < 1.29 is 9.47 Å². The third-order valence-corrected chi connectivity index (χ3v) is 3.90. The Labute approximate surface area is 120 Å². The maximum atomic E-state index is 5.67. The largest absolute Gasteiger partial charge is 0.382 e. The Hall–Kier alpha value is -0.120. The number of hydrogen-bond donors (Lipinski definition) is 1. The van der Waals surface area contributed by atoms with Gasteiger partial charge in [0.15, 0.2) is 0 Å². The van der Waals surface area contributed by atoms with Crippen LogP contribution in [-0.4, -0.2) is 39.5 Å². The molecule has 19 heavy (non-hydrogen) atoms. The summed E-state index contributed by atoms with van der Waals surface area (Å²) in [5.41, 5.74) is 0.396. The third kappa shape index (κ3) is 9.42. The molecule has 0 aromatic carbocycles. The molecule has 0 bridgehead atoms. The van der Waals surface area contributed by atoms with Gasteiger partial charge < -0.3 is 14.8 Å². The van der Waals surface area contributed by atoms with Gasteiger partial charge in [-0.3, -0.25) is 0 Å². The first-order chi connectivity index (χ1) is 9.10. The van der Waals surface area contributed by atoms with Gasteiger partial charge in [0.1, 0.15) is 0 Å². The number of nitrogens with one attached hydrogen (secondary N) is 1. The molecule has 0 aromatic heterocycles. The molecule has 0 saturated carbocycles. The molecule has 3 heteroatoms. The standard InChI is InChI=1S/C16H35NO2/c1-6-8-9-16(7-2,14-17-15(3)4)10-11-19-13-12-18-5/h15,17H,6-14H2,1-5H3. The first-order valence-electron chi connectivity index (χ1n) is 7.90. The fraction of sp³-hybridized carbons (Fsp3) is 1.00. The number of ether oxygens (including phenoxy) is 2. The van der Waals surface area contributed by atoms with Crippen LogP contribution < -0.4 is 5.32 Å². The van der Waals surface area contributed by atoms with Gasteiger partial charge in [-0.05, 0) is 24.7 Å². The van der Waals surface area contributed by atoms with E-state index in [1.54, 1.807) is 7.11 Å². The highest BCUT2D eigenvalue weighted by atomic mass is 16.5. The molecule has 0 aliphatic heterocycles. The van der Waals surface area contributed by atoms with E-state index < -0.39 is 0 Å². The molecule has 116 valence electrons. The normalized spacial score (nSPS) is 14.8. The zero-order chi connectivity index (χ0) is 14.6. The second-order valence-corrected chi connectivity index (χ2v) is 5.85. The maximum absolute atomic E-state index is 5.67. The summed E-state index contributed by atoms with van der Waals surface area (Å²) in [6, 6.07) is 0.557. The third-order valence-electron chi connectivity index (χ3n) is 3.90. The average Bonchev–Trinajstić information content (AvgIpc) is 2.41. The average molecular weight is 273 g/mol. The first kappa shape index (κ1) is 18.9. The second kappa shape index (κ2) is 11.7. The Bertz CT molecular complexity index is 197. The van der Waals surface area contributed by atoms with Crippen molar-refractivity contribution in [3.63, 3.8) is 0 Å². The minimum atomic E-state index is 0.396. The van der Waals surface area contributed by atoms with Crippen LogP contribution >= 0.6 is 0 Å². The van der Waals surface area contributed by atoms with E-state index in [-0.39, 0.29) is 0 Å². The van der Waals surface area contributed by atoms with Gasteiger partial charge in [0.05, 0.1) is 13.2 Å². The molecule has 0 heterocycles. The summed E-state index contributed by atoms with van der Waals surface area (Å²) in [6.45, 7) is 12.4. The van der Waals surface area contributed by atoms with Crippen LogP contribution in [0.5, 0.6) is 0 Å². The zero-order valence-corrected chi connectivity index (χ0v) is 13.8. The van der Waals surface area contributed by atoms with Crippen molar-refractivity contribution in [2.24, 2.45) is 5.41 Å². The molecular formula is C16H35NO2. The topological polar surface area (TPSA) is 30.5 Å². The van der Waals surface area contributed by atoms with E-state index in [4.69, 9.17) is 9.47 Å². The Balaban J connectivity index is 4.19. The van der Waals surface area contributed by atoms with E-state index in [9.17, 15) is 0 Å². The van der Waals surface area contributed by atoms with Crippen molar-refractivity contribution in [1.82, 2.24) is 5.32 Å². The van der Waals surface area contributed by atoms with Gasteiger partial charge in [0, 0.05) is 26.3 Å². The Morgan fingerprint density at radius 3 is 2.32 bits per heavy atom. The molecule has 0 saturated heterocycles. The SMILES string of the molecule is CCCCC(CC)(CCOCCOC)CNC(C)C. The van der Waals surface area contributed by atoms with E-state index in [0.717, 1.165) is 19.6 Å². The zero-order valence-electron chi connectivity index (χ0n) is 13.8. The number of methoxy groups -OCH3 is 1. The Morgan fingerprint density at radius 2 is 1.79 bits per heavy atom. The molecule has 0 aliphatic rings. The molecule has 0 aliphatic carbocycles. The van der Waals surface area contributed by atoms with E-state index in [2.05, 4.69) is 33.0 Å². The lowest BCUT2D eigenvalue weighted by Crippen LogP contribution is -2.38. The number of unbranched alkanes of at least 4 members (excludes halogenated alkanes) is 1. The maximum Gasteiger partial charge on any atom is 0.0700 e. The van der Waals surface area contributed by atoms with Gasteiger partial charge >= 0.3 is 0 Å². The fourth-order valence-corrected chi connectivity index (χ4v) is 2.29. The Morgan fingerprint density at radius 1 is 1.05 bits per heavy atom. The monoisotopic (exact) mass is 273 g/mol. The number of rotatable bonds is 13. The van der Waals surface area contributed by atoms with Gasteiger partial charge in [-0.2, -0.15) is 0 Å². The lowest BCUT2D eigenvalue weighted by Gasteiger charge is -2.34. The highest BCUT2D eigenvalue weighted by Gasteiger charge is 2.27. The molecule has 0 rings (SSSR count). The molecule has 1 N–H and O–H groups in total. The minimum Gasteiger partial charge on any atom is -0.382 e. The van der Waals surface area contributed by atoms with Crippen LogP contribution in [0.3, 0.4) is 0 Å². The van der Waals surface area contributed by atoms with E-state index in [1.165, 1.54) is 25.7 Å². The van der Waals surface area contributed by atoms with Crippen molar-refractivity contribution >= 4 is 0 Å². The molecule has 0 fully saturated rings. The predicted octanol–water partition coefficient (Wildman–Crippen LogP) is 3.62. The second-order valence-electron chi connectivity index (χ2n) is 5.85. The summed E-state index contributed by atoms with van der Waals surface area (Å²) in [5, 5.41) is 3.62. The molecule has 0 radical (unpaired) electrons. The summed E-state index contributed by atoms with van der Waals surface area (Å²) in [7, 11) is 1.72. The smallest absolute Gasteiger partial charge is 0.0700 e. The summed E-state index contributed by atoms with van der Waals surface area (Å²) in [4.78, 5) is 0. The summed E-state index contributed by atoms with van der Waals surface area (Å²) in [5.74, 6) is 0. The van der Waals surface area contributed by atoms with Crippen LogP contribution in [0.15, 0.2) is 0 Å². The number of hydrogen-bond acceptors (Lipinski definition) is 3. The van der Waals surface area contributed by atoms with Gasteiger partial charge in [-0.1, -0.05) is 40.5 Å². The highest BCUT2D eigenvalue weighted by molar-refractivity contribution is 4.81. The van der Waals surface area contributed by atoms with E-state index in [1.807, 2.05) is 0 Å². The van der Waals surface area contributed by atoms with Crippen LogP contribution in [0.4, 0.5) is 0 Å². The van der Waals surface area contributed by atoms with Crippen molar-refractivity contribution in [3.05, 3.63) is 0 Å². The minimum absolute atomic E-state index is 0.396. The Kier molecular flexibility index (Phi) is 11.6. The van der Waals surface area contributed by atoms with Gasteiger partial charge in [-0.15, -0.1) is 0 Å².